The second-order valence-electron chi connectivity index (χ2n) is 7.07. The van der Waals surface area contributed by atoms with Crippen LogP contribution in [-0.2, 0) is 11.3 Å². The van der Waals surface area contributed by atoms with Crippen LogP contribution in [0.2, 0.25) is 0 Å². The van der Waals surface area contributed by atoms with Gasteiger partial charge in [-0.2, -0.15) is 0 Å². The highest BCUT2D eigenvalue weighted by atomic mass is 127. The molecule has 0 saturated carbocycles. The lowest BCUT2D eigenvalue weighted by atomic mass is 10.1. The molecule has 0 N–H and O–H groups in total. The van der Waals surface area contributed by atoms with Gasteiger partial charge in [0.1, 0.15) is 0 Å². The summed E-state index contributed by atoms with van der Waals surface area (Å²) in [5.74, 6) is 0.982. The fourth-order valence-corrected chi connectivity index (χ4v) is 3.12. The molecule has 1 aliphatic heterocycles. The third kappa shape index (κ3) is 6.12. The van der Waals surface area contributed by atoms with Gasteiger partial charge >= 0.3 is 0 Å². The molecule has 1 heterocycles. The van der Waals surface area contributed by atoms with Crippen molar-refractivity contribution in [2.45, 2.75) is 32.6 Å². The van der Waals surface area contributed by atoms with Crippen LogP contribution < -0.4 is 0 Å². The summed E-state index contributed by atoms with van der Waals surface area (Å²) in [5.41, 5.74) is 1.80. The summed E-state index contributed by atoms with van der Waals surface area (Å²) in [6.07, 6.45) is 0.161. The predicted molar refractivity (Wildman–Crippen MR) is 116 cm³/mol. The van der Waals surface area contributed by atoms with Crippen LogP contribution in [0.15, 0.2) is 29.3 Å². The van der Waals surface area contributed by atoms with E-state index >= 15 is 0 Å². The molecule has 1 saturated heterocycles. The first-order valence-electron chi connectivity index (χ1n) is 8.70. The van der Waals surface area contributed by atoms with E-state index in [1.165, 1.54) is 0 Å². The fourth-order valence-electron chi connectivity index (χ4n) is 3.12. The molecule has 1 aromatic carbocycles. The first-order valence-corrected chi connectivity index (χ1v) is 8.70. The zero-order chi connectivity index (χ0) is 18.6. The number of carbonyl (C=O) groups excluding carboxylic acids is 1. The third-order valence-corrected chi connectivity index (χ3v) is 4.11. The van der Waals surface area contributed by atoms with E-state index in [0.29, 0.717) is 19.6 Å². The maximum absolute atomic E-state index is 12.7. The number of hydrogen-bond donors (Lipinski definition) is 0. The molecule has 0 spiro atoms. The molecular weight excluding hydrogens is 443 g/mol. The van der Waals surface area contributed by atoms with Crippen molar-refractivity contribution < 1.29 is 9.53 Å². The fraction of sp³-hybridized carbons (Fsp3) is 0.579. The number of carbonyl (C=O) groups is 1. The van der Waals surface area contributed by atoms with Crippen LogP contribution >= 0.6 is 24.0 Å². The van der Waals surface area contributed by atoms with E-state index in [9.17, 15) is 4.79 Å². The molecule has 0 radical (unpaired) electrons. The number of benzene rings is 1. The number of halogens is 1. The van der Waals surface area contributed by atoms with Crippen molar-refractivity contribution in [1.29, 1.82) is 0 Å². The molecular formula is C19H31IN4O2. The number of hydrogen-bond acceptors (Lipinski definition) is 3. The Labute approximate surface area is 174 Å². The molecule has 26 heavy (non-hydrogen) atoms. The monoisotopic (exact) mass is 474 g/mol. The van der Waals surface area contributed by atoms with Crippen LogP contribution in [0.25, 0.3) is 0 Å². The predicted octanol–water partition coefficient (Wildman–Crippen LogP) is 2.53. The minimum absolute atomic E-state index is 0. The van der Waals surface area contributed by atoms with Crippen LogP contribution in [0.1, 0.15) is 29.8 Å². The van der Waals surface area contributed by atoms with Crippen LogP contribution in [-0.4, -0.2) is 80.1 Å². The molecule has 2 atom stereocenters. The van der Waals surface area contributed by atoms with E-state index in [0.717, 1.165) is 17.1 Å². The molecule has 1 fully saturated rings. The van der Waals surface area contributed by atoms with E-state index < -0.39 is 0 Å². The smallest absolute Gasteiger partial charge is 0.254 e. The quantitative estimate of drug-likeness (QED) is 0.384. The number of nitrogens with zero attached hydrogens (tertiary/aromatic N) is 4. The van der Waals surface area contributed by atoms with E-state index in [1.807, 2.05) is 81.0 Å². The van der Waals surface area contributed by atoms with Gasteiger partial charge in [0.15, 0.2) is 5.96 Å². The molecule has 0 bridgehead atoms. The maximum Gasteiger partial charge on any atom is 0.254 e. The zero-order valence-electron chi connectivity index (χ0n) is 16.6. The molecule has 1 amide bonds. The molecule has 1 aromatic rings. The number of guanidine groups is 1. The Hall–Kier alpha value is -1.35. The normalized spacial score (nSPS) is 19.4. The van der Waals surface area contributed by atoms with Crippen LogP contribution in [0.3, 0.4) is 0 Å². The van der Waals surface area contributed by atoms with Crippen molar-refractivity contribution in [3.63, 3.8) is 0 Å². The number of morpholine rings is 1. The second kappa shape index (κ2) is 10.1. The Morgan fingerprint density at radius 2 is 1.58 bits per heavy atom. The standard InChI is InChI=1S/C19H30N4O2.HI/c1-14-12-23(13-15(2)25-14)18(24)17-9-7-16(8-10-17)11-20-19(21(3)4)22(5)6;/h7-10,14-15H,11-13H2,1-6H3;1H. The van der Waals surface area contributed by atoms with Crippen LogP contribution in [0, 0.1) is 0 Å². The SMILES string of the molecule is CC1CN(C(=O)c2ccc(CN=C(N(C)C)N(C)C)cc2)CC(C)O1.I. The van der Waals surface area contributed by atoms with Crippen molar-refractivity contribution in [3.05, 3.63) is 35.4 Å². The summed E-state index contributed by atoms with van der Waals surface area (Å²) in [4.78, 5) is 23.2. The van der Waals surface area contributed by atoms with E-state index in [-0.39, 0.29) is 42.1 Å². The lowest BCUT2D eigenvalue weighted by molar-refractivity contribution is -0.0586. The topological polar surface area (TPSA) is 48.4 Å². The van der Waals surface area contributed by atoms with Gasteiger partial charge in [-0.1, -0.05) is 12.1 Å². The summed E-state index contributed by atoms with van der Waals surface area (Å²) < 4.78 is 5.70. The number of amides is 1. The van der Waals surface area contributed by atoms with Gasteiger partial charge in [-0.05, 0) is 31.5 Å². The van der Waals surface area contributed by atoms with Gasteiger partial charge in [-0.25, -0.2) is 4.99 Å². The van der Waals surface area contributed by atoms with E-state index in [2.05, 4.69) is 4.99 Å². The van der Waals surface area contributed by atoms with Gasteiger partial charge in [0.05, 0.1) is 18.8 Å². The Morgan fingerprint density at radius 3 is 2.04 bits per heavy atom. The van der Waals surface area contributed by atoms with Gasteiger partial charge in [-0.15, -0.1) is 24.0 Å². The molecule has 2 unspecified atom stereocenters. The first kappa shape index (κ1) is 22.7. The molecule has 0 aromatic heterocycles. The summed E-state index contributed by atoms with van der Waals surface area (Å²) in [7, 11) is 7.91. The van der Waals surface area contributed by atoms with Crippen molar-refractivity contribution >= 4 is 35.8 Å². The molecule has 0 aliphatic carbocycles. The Morgan fingerprint density at radius 1 is 1.08 bits per heavy atom. The molecule has 1 aliphatic rings. The van der Waals surface area contributed by atoms with Crippen molar-refractivity contribution in [2.75, 3.05) is 41.3 Å². The highest BCUT2D eigenvalue weighted by Crippen LogP contribution is 2.15. The van der Waals surface area contributed by atoms with Crippen molar-refractivity contribution in [1.82, 2.24) is 14.7 Å². The number of aliphatic imine (C=N–C) groups is 1. The molecule has 6 nitrogen and oxygen atoms in total. The summed E-state index contributed by atoms with van der Waals surface area (Å²) in [5, 5.41) is 0. The van der Waals surface area contributed by atoms with Crippen molar-refractivity contribution in [2.24, 2.45) is 4.99 Å². The average Bonchev–Trinajstić information content (AvgIpc) is 2.53. The van der Waals surface area contributed by atoms with Gasteiger partial charge in [-0.3, -0.25) is 4.79 Å². The van der Waals surface area contributed by atoms with Crippen molar-refractivity contribution in [3.8, 4) is 0 Å². The van der Waals surface area contributed by atoms with E-state index in [4.69, 9.17) is 4.74 Å². The Kier molecular flexibility index (Phi) is 8.82. The molecule has 7 heteroatoms. The minimum atomic E-state index is 0. The lowest BCUT2D eigenvalue weighted by Crippen LogP contribution is -2.48. The zero-order valence-corrected chi connectivity index (χ0v) is 18.9. The van der Waals surface area contributed by atoms with Crippen LogP contribution in [0.4, 0.5) is 0 Å². The molecule has 2 rings (SSSR count). The summed E-state index contributed by atoms with van der Waals surface area (Å²) in [6.45, 7) is 5.88. The lowest BCUT2D eigenvalue weighted by Gasteiger charge is -2.35. The first-order chi connectivity index (χ1) is 11.8. The number of ether oxygens (including phenoxy) is 1. The Bertz CT molecular complexity index is 596. The van der Waals surface area contributed by atoms with Gasteiger partial charge in [0, 0.05) is 46.8 Å². The highest BCUT2D eigenvalue weighted by molar-refractivity contribution is 14.0. The average molecular weight is 474 g/mol. The largest absolute Gasteiger partial charge is 0.372 e. The summed E-state index contributed by atoms with van der Waals surface area (Å²) >= 11 is 0. The Balaban J connectivity index is 0.00000338. The van der Waals surface area contributed by atoms with E-state index in [1.54, 1.807) is 0 Å². The number of rotatable bonds is 3. The summed E-state index contributed by atoms with van der Waals surface area (Å²) in [6, 6.07) is 7.74. The van der Waals surface area contributed by atoms with Gasteiger partial charge < -0.3 is 19.4 Å². The van der Waals surface area contributed by atoms with Gasteiger partial charge in [0.2, 0.25) is 0 Å². The third-order valence-electron chi connectivity index (χ3n) is 4.11. The maximum atomic E-state index is 12.7. The second-order valence-corrected chi connectivity index (χ2v) is 7.07. The van der Waals surface area contributed by atoms with Gasteiger partial charge in [0.25, 0.3) is 5.91 Å². The van der Waals surface area contributed by atoms with Crippen LogP contribution in [0.5, 0.6) is 0 Å². The highest BCUT2D eigenvalue weighted by Gasteiger charge is 2.26. The minimum Gasteiger partial charge on any atom is -0.372 e. The molecule has 146 valence electrons.